The number of nitrogens with zero attached hydrogens (tertiary/aromatic N) is 1. The molecule has 3 rings (SSSR count). The predicted octanol–water partition coefficient (Wildman–Crippen LogP) is 5.03. The highest BCUT2D eigenvalue weighted by molar-refractivity contribution is 5.83. The molecule has 1 aliphatic rings. The van der Waals surface area contributed by atoms with Crippen molar-refractivity contribution in [3.63, 3.8) is 0 Å². The van der Waals surface area contributed by atoms with E-state index in [4.69, 9.17) is 4.74 Å². The van der Waals surface area contributed by atoms with Crippen molar-refractivity contribution in [3.05, 3.63) is 65.0 Å². The second-order valence-corrected chi connectivity index (χ2v) is 9.99. The van der Waals surface area contributed by atoms with Crippen LogP contribution in [0.1, 0.15) is 70.7 Å². The first kappa shape index (κ1) is 24.7. The number of amides is 2. The van der Waals surface area contributed by atoms with Gasteiger partial charge in [0.15, 0.2) is 6.10 Å². The number of ether oxygens (including phenoxy) is 1. The summed E-state index contributed by atoms with van der Waals surface area (Å²) in [6.45, 7) is 12.0. The molecule has 2 aromatic rings. The highest BCUT2D eigenvalue weighted by atomic mass is 19.1. The summed E-state index contributed by atoms with van der Waals surface area (Å²) < 4.78 is 19.8. The Bertz CT molecular complexity index is 995. The summed E-state index contributed by atoms with van der Waals surface area (Å²) in [6, 6.07) is 11.8. The molecular formula is C27H35FN2O3. The van der Waals surface area contributed by atoms with Gasteiger partial charge in [-0.3, -0.25) is 9.59 Å². The van der Waals surface area contributed by atoms with E-state index in [0.717, 1.165) is 23.1 Å². The zero-order valence-electron chi connectivity index (χ0n) is 20.4. The standard InChI is InChI=1S/C27H35FN2O3/c1-7-23(25(31)29-17(2)3)33-21-13-10-18-14-15-30(26(32)27(4,5)6)24(22(18)16-21)19-8-11-20(28)12-9-19/h8-13,16-17,23-24H,7,14-15H2,1-6H3,(H,29,31)/t23-,24+/m0/s1. The van der Waals surface area contributed by atoms with E-state index in [0.29, 0.717) is 18.7 Å². The molecule has 2 atom stereocenters. The number of halogens is 1. The Labute approximate surface area is 196 Å². The Morgan fingerprint density at radius 3 is 2.39 bits per heavy atom. The summed E-state index contributed by atoms with van der Waals surface area (Å²) >= 11 is 0. The van der Waals surface area contributed by atoms with Gasteiger partial charge in [-0.2, -0.15) is 0 Å². The minimum atomic E-state index is -0.606. The van der Waals surface area contributed by atoms with E-state index in [9.17, 15) is 14.0 Å². The molecule has 2 aromatic carbocycles. The van der Waals surface area contributed by atoms with Gasteiger partial charge in [-0.05, 0) is 67.6 Å². The van der Waals surface area contributed by atoms with Crippen LogP contribution in [0.15, 0.2) is 42.5 Å². The number of hydrogen-bond acceptors (Lipinski definition) is 3. The molecule has 0 fully saturated rings. The largest absolute Gasteiger partial charge is 0.481 e. The molecule has 0 aromatic heterocycles. The van der Waals surface area contributed by atoms with Gasteiger partial charge in [0.25, 0.3) is 5.91 Å². The molecule has 0 bridgehead atoms. The summed E-state index contributed by atoms with van der Waals surface area (Å²) in [5.41, 5.74) is 2.36. The maximum atomic E-state index is 13.7. The van der Waals surface area contributed by atoms with Crippen LogP contribution in [0.5, 0.6) is 5.75 Å². The zero-order valence-corrected chi connectivity index (χ0v) is 20.4. The van der Waals surface area contributed by atoms with Gasteiger partial charge in [0.05, 0.1) is 6.04 Å². The van der Waals surface area contributed by atoms with Crippen LogP contribution in [-0.4, -0.2) is 35.4 Å². The number of hydrogen-bond donors (Lipinski definition) is 1. The van der Waals surface area contributed by atoms with Crippen molar-refractivity contribution in [1.82, 2.24) is 10.2 Å². The Hall–Kier alpha value is -2.89. The van der Waals surface area contributed by atoms with Gasteiger partial charge in [-0.25, -0.2) is 4.39 Å². The summed E-state index contributed by atoms with van der Waals surface area (Å²) in [7, 11) is 0. The van der Waals surface area contributed by atoms with Gasteiger partial charge in [0.2, 0.25) is 5.91 Å². The van der Waals surface area contributed by atoms with Crippen molar-refractivity contribution in [2.24, 2.45) is 5.41 Å². The number of carbonyl (C=O) groups excluding carboxylic acids is 2. The first-order valence-electron chi connectivity index (χ1n) is 11.7. The van der Waals surface area contributed by atoms with E-state index < -0.39 is 11.5 Å². The lowest BCUT2D eigenvalue weighted by atomic mass is 9.85. The normalized spacial score (nSPS) is 16.8. The third-order valence-corrected chi connectivity index (χ3v) is 5.81. The van der Waals surface area contributed by atoms with E-state index in [1.807, 2.05) is 64.6 Å². The average molecular weight is 455 g/mol. The molecule has 0 spiro atoms. The maximum Gasteiger partial charge on any atom is 0.261 e. The number of nitrogens with one attached hydrogen (secondary N) is 1. The van der Waals surface area contributed by atoms with Crippen molar-refractivity contribution >= 4 is 11.8 Å². The van der Waals surface area contributed by atoms with Crippen LogP contribution in [-0.2, 0) is 16.0 Å². The molecular weight excluding hydrogens is 419 g/mol. The van der Waals surface area contributed by atoms with E-state index >= 15 is 0 Å². The minimum absolute atomic E-state index is 0.0264. The highest BCUT2D eigenvalue weighted by Gasteiger charge is 2.37. The van der Waals surface area contributed by atoms with Gasteiger partial charge in [0, 0.05) is 18.0 Å². The van der Waals surface area contributed by atoms with Gasteiger partial charge < -0.3 is 15.0 Å². The summed E-state index contributed by atoms with van der Waals surface area (Å²) in [5, 5.41) is 2.90. The molecule has 1 heterocycles. The van der Waals surface area contributed by atoms with Crippen LogP contribution in [0.25, 0.3) is 0 Å². The average Bonchev–Trinajstić information content (AvgIpc) is 2.75. The molecule has 33 heavy (non-hydrogen) atoms. The van der Waals surface area contributed by atoms with Gasteiger partial charge in [0.1, 0.15) is 11.6 Å². The van der Waals surface area contributed by atoms with Gasteiger partial charge in [-0.1, -0.05) is 45.9 Å². The Morgan fingerprint density at radius 1 is 1.15 bits per heavy atom. The van der Waals surface area contributed by atoms with Crippen molar-refractivity contribution < 1.29 is 18.7 Å². The fourth-order valence-corrected chi connectivity index (χ4v) is 4.18. The molecule has 178 valence electrons. The van der Waals surface area contributed by atoms with E-state index in [1.54, 1.807) is 12.1 Å². The van der Waals surface area contributed by atoms with Crippen molar-refractivity contribution in [1.29, 1.82) is 0 Å². The summed E-state index contributed by atoms with van der Waals surface area (Å²) in [6.07, 6.45) is 0.650. The van der Waals surface area contributed by atoms with E-state index in [2.05, 4.69) is 5.32 Å². The monoisotopic (exact) mass is 454 g/mol. The minimum Gasteiger partial charge on any atom is -0.481 e. The third-order valence-electron chi connectivity index (χ3n) is 5.81. The Kier molecular flexibility index (Phi) is 7.45. The van der Waals surface area contributed by atoms with Crippen LogP contribution in [0, 0.1) is 11.2 Å². The maximum absolute atomic E-state index is 13.7. The van der Waals surface area contributed by atoms with Crippen LogP contribution >= 0.6 is 0 Å². The predicted molar refractivity (Wildman–Crippen MR) is 128 cm³/mol. The number of fused-ring (bicyclic) bond motifs is 1. The fraction of sp³-hybridized carbons (Fsp3) is 0.481. The second kappa shape index (κ2) is 9.94. The quantitative estimate of drug-likeness (QED) is 0.666. The van der Waals surface area contributed by atoms with Gasteiger partial charge >= 0.3 is 0 Å². The fourth-order valence-electron chi connectivity index (χ4n) is 4.18. The molecule has 0 saturated carbocycles. The van der Waals surface area contributed by atoms with Crippen LogP contribution in [0.2, 0.25) is 0 Å². The molecule has 6 heteroatoms. The van der Waals surface area contributed by atoms with Crippen LogP contribution < -0.4 is 10.1 Å². The smallest absolute Gasteiger partial charge is 0.261 e. The molecule has 0 saturated heterocycles. The molecule has 0 aliphatic carbocycles. The first-order chi connectivity index (χ1) is 15.5. The lowest BCUT2D eigenvalue weighted by Crippen LogP contribution is -2.45. The van der Waals surface area contributed by atoms with Crippen molar-refractivity contribution in [3.8, 4) is 5.75 Å². The summed E-state index contributed by atoms with van der Waals surface area (Å²) in [4.78, 5) is 27.7. The number of rotatable bonds is 6. The first-order valence-corrected chi connectivity index (χ1v) is 11.7. The molecule has 5 nitrogen and oxygen atoms in total. The Morgan fingerprint density at radius 2 is 1.82 bits per heavy atom. The second-order valence-electron chi connectivity index (χ2n) is 9.99. The highest BCUT2D eigenvalue weighted by Crippen LogP contribution is 2.39. The molecule has 0 radical (unpaired) electrons. The van der Waals surface area contributed by atoms with E-state index in [1.165, 1.54) is 12.1 Å². The topological polar surface area (TPSA) is 58.6 Å². The zero-order chi connectivity index (χ0) is 24.3. The van der Waals surface area contributed by atoms with Crippen molar-refractivity contribution in [2.75, 3.05) is 6.54 Å². The molecule has 0 unspecified atom stereocenters. The number of benzene rings is 2. The molecule has 1 aliphatic heterocycles. The lowest BCUT2D eigenvalue weighted by molar-refractivity contribution is -0.141. The molecule has 1 N–H and O–H groups in total. The van der Waals surface area contributed by atoms with Gasteiger partial charge in [-0.15, -0.1) is 0 Å². The Balaban J connectivity index is 2.01. The summed E-state index contributed by atoms with van der Waals surface area (Å²) in [5.74, 6) is 0.153. The number of carbonyl (C=O) groups is 2. The van der Waals surface area contributed by atoms with Crippen molar-refractivity contribution in [2.45, 2.75) is 72.6 Å². The third kappa shape index (κ3) is 5.73. The van der Waals surface area contributed by atoms with Crippen LogP contribution in [0.3, 0.4) is 0 Å². The lowest BCUT2D eigenvalue weighted by Gasteiger charge is -2.41. The van der Waals surface area contributed by atoms with E-state index in [-0.39, 0.29) is 29.7 Å². The molecule has 2 amide bonds. The van der Waals surface area contributed by atoms with Crippen LogP contribution in [0.4, 0.5) is 4.39 Å². The SMILES string of the molecule is CC[C@H](Oc1ccc2c(c1)[C@@H](c1ccc(F)cc1)N(C(=O)C(C)(C)C)CC2)C(=O)NC(C)C.